The van der Waals surface area contributed by atoms with E-state index >= 15 is 0 Å². The SMILES string of the molecule is CCC(CC)NCC(C)(O)CN(C)C. The van der Waals surface area contributed by atoms with Gasteiger partial charge in [0, 0.05) is 19.1 Å². The van der Waals surface area contributed by atoms with E-state index < -0.39 is 5.60 Å². The van der Waals surface area contributed by atoms with Crippen LogP contribution < -0.4 is 5.32 Å². The van der Waals surface area contributed by atoms with Crippen molar-refractivity contribution < 1.29 is 5.11 Å². The minimum Gasteiger partial charge on any atom is -0.388 e. The third kappa shape index (κ3) is 6.35. The summed E-state index contributed by atoms with van der Waals surface area (Å²) in [5.74, 6) is 0. The van der Waals surface area contributed by atoms with Crippen LogP contribution in [0.1, 0.15) is 33.6 Å². The normalized spacial score (nSPS) is 16.3. The zero-order valence-electron chi connectivity index (χ0n) is 10.3. The number of hydrogen-bond donors (Lipinski definition) is 2. The lowest BCUT2D eigenvalue weighted by Crippen LogP contribution is -2.48. The Morgan fingerprint density at radius 3 is 2.14 bits per heavy atom. The molecule has 0 aliphatic rings. The molecule has 1 unspecified atom stereocenters. The molecule has 2 N–H and O–H groups in total. The molecule has 0 aromatic rings. The Balaban J connectivity index is 3.84. The Kier molecular flexibility index (Phi) is 6.33. The molecule has 0 aromatic carbocycles. The van der Waals surface area contributed by atoms with Gasteiger partial charge in [0.2, 0.25) is 0 Å². The van der Waals surface area contributed by atoms with Crippen LogP contribution in [0.5, 0.6) is 0 Å². The van der Waals surface area contributed by atoms with E-state index in [0.717, 1.165) is 12.8 Å². The predicted octanol–water partition coefficient (Wildman–Crippen LogP) is 1.08. The van der Waals surface area contributed by atoms with E-state index in [1.165, 1.54) is 0 Å². The lowest BCUT2D eigenvalue weighted by atomic mass is 10.1. The van der Waals surface area contributed by atoms with Crippen LogP contribution in [-0.4, -0.2) is 48.8 Å². The second-order valence-corrected chi connectivity index (χ2v) is 4.63. The highest BCUT2D eigenvalue weighted by molar-refractivity contribution is 4.79. The molecular weight excluding hydrogens is 176 g/mol. The maximum absolute atomic E-state index is 10.0. The van der Waals surface area contributed by atoms with Crippen molar-refractivity contribution in [2.45, 2.75) is 45.3 Å². The van der Waals surface area contributed by atoms with Crippen molar-refractivity contribution in [3.63, 3.8) is 0 Å². The average Bonchev–Trinajstić information content (AvgIpc) is 2.03. The molecule has 0 rings (SSSR count). The predicted molar refractivity (Wildman–Crippen MR) is 61.6 cm³/mol. The fourth-order valence-electron chi connectivity index (χ4n) is 1.68. The third-order valence-electron chi connectivity index (χ3n) is 2.41. The maximum Gasteiger partial charge on any atom is 0.0869 e. The van der Waals surface area contributed by atoms with Gasteiger partial charge in [-0.05, 0) is 33.9 Å². The van der Waals surface area contributed by atoms with Crippen LogP contribution in [0.15, 0.2) is 0 Å². The fourth-order valence-corrected chi connectivity index (χ4v) is 1.68. The number of hydrogen-bond acceptors (Lipinski definition) is 3. The lowest BCUT2D eigenvalue weighted by Gasteiger charge is -2.29. The van der Waals surface area contributed by atoms with Gasteiger partial charge < -0.3 is 15.3 Å². The molecule has 3 heteroatoms. The maximum atomic E-state index is 10.0. The molecule has 0 radical (unpaired) electrons. The summed E-state index contributed by atoms with van der Waals surface area (Å²) < 4.78 is 0. The number of nitrogens with one attached hydrogen (secondary N) is 1. The average molecular weight is 202 g/mol. The highest BCUT2D eigenvalue weighted by Gasteiger charge is 2.21. The van der Waals surface area contributed by atoms with E-state index in [2.05, 4.69) is 19.2 Å². The van der Waals surface area contributed by atoms with E-state index in [-0.39, 0.29) is 0 Å². The van der Waals surface area contributed by atoms with Crippen molar-refractivity contribution in [3.05, 3.63) is 0 Å². The molecule has 0 amide bonds. The van der Waals surface area contributed by atoms with Gasteiger partial charge >= 0.3 is 0 Å². The molecule has 3 nitrogen and oxygen atoms in total. The number of nitrogens with zero attached hydrogens (tertiary/aromatic N) is 1. The Hall–Kier alpha value is -0.120. The molecule has 0 aliphatic carbocycles. The van der Waals surface area contributed by atoms with E-state index in [1.807, 2.05) is 25.9 Å². The Morgan fingerprint density at radius 2 is 1.79 bits per heavy atom. The summed E-state index contributed by atoms with van der Waals surface area (Å²) in [4.78, 5) is 2.01. The van der Waals surface area contributed by atoms with Crippen LogP contribution in [0.25, 0.3) is 0 Å². The summed E-state index contributed by atoms with van der Waals surface area (Å²) in [6.07, 6.45) is 2.24. The van der Waals surface area contributed by atoms with Crippen LogP contribution in [0.2, 0.25) is 0 Å². The van der Waals surface area contributed by atoms with Crippen molar-refractivity contribution in [3.8, 4) is 0 Å². The van der Waals surface area contributed by atoms with Gasteiger partial charge in [-0.1, -0.05) is 13.8 Å². The van der Waals surface area contributed by atoms with Crippen LogP contribution in [0, 0.1) is 0 Å². The smallest absolute Gasteiger partial charge is 0.0869 e. The molecule has 0 spiro atoms. The largest absolute Gasteiger partial charge is 0.388 e. The molecule has 0 bridgehead atoms. The minimum absolute atomic E-state index is 0.531. The highest BCUT2D eigenvalue weighted by atomic mass is 16.3. The van der Waals surface area contributed by atoms with Crippen molar-refractivity contribution in [1.82, 2.24) is 10.2 Å². The van der Waals surface area contributed by atoms with E-state index in [4.69, 9.17) is 0 Å². The molecule has 1 atom stereocenters. The van der Waals surface area contributed by atoms with Gasteiger partial charge in [0.15, 0.2) is 0 Å². The molecule has 0 saturated carbocycles. The summed E-state index contributed by atoms with van der Waals surface area (Å²) in [7, 11) is 3.96. The van der Waals surface area contributed by atoms with Crippen LogP contribution >= 0.6 is 0 Å². The van der Waals surface area contributed by atoms with Crippen LogP contribution in [0.4, 0.5) is 0 Å². The van der Waals surface area contributed by atoms with Crippen LogP contribution in [-0.2, 0) is 0 Å². The van der Waals surface area contributed by atoms with E-state index in [1.54, 1.807) is 0 Å². The first-order chi connectivity index (χ1) is 6.41. The second kappa shape index (κ2) is 6.38. The van der Waals surface area contributed by atoms with Crippen molar-refractivity contribution in [2.24, 2.45) is 0 Å². The summed E-state index contributed by atoms with van der Waals surface area (Å²) in [5.41, 5.74) is -0.633. The highest BCUT2D eigenvalue weighted by Crippen LogP contribution is 2.05. The first kappa shape index (κ1) is 13.9. The van der Waals surface area contributed by atoms with Gasteiger partial charge in [-0.2, -0.15) is 0 Å². The molecule has 0 aliphatic heterocycles. The molecule has 0 heterocycles. The van der Waals surface area contributed by atoms with Gasteiger partial charge in [-0.25, -0.2) is 0 Å². The number of likely N-dealkylation sites (N-methyl/N-ethyl adjacent to an activating group) is 1. The van der Waals surface area contributed by atoms with Gasteiger partial charge in [0.1, 0.15) is 0 Å². The quantitative estimate of drug-likeness (QED) is 0.648. The Bertz CT molecular complexity index is 142. The second-order valence-electron chi connectivity index (χ2n) is 4.63. The van der Waals surface area contributed by atoms with Gasteiger partial charge in [-0.3, -0.25) is 0 Å². The number of rotatable bonds is 7. The molecule has 0 aromatic heterocycles. The molecule has 0 fully saturated rings. The summed E-state index contributed by atoms with van der Waals surface area (Å²) in [5, 5.41) is 13.4. The van der Waals surface area contributed by atoms with E-state index in [0.29, 0.717) is 19.1 Å². The summed E-state index contributed by atoms with van der Waals surface area (Å²) in [6.45, 7) is 7.57. The molecule has 14 heavy (non-hydrogen) atoms. The number of aliphatic hydroxyl groups is 1. The Labute approximate surface area is 88.5 Å². The van der Waals surface area contributed by atoms with Crippen LogP contribution in [0.3, 0.4) is 0 Å². The zero-order chi connectivity index (χ0) is 11.2. The van der Waals surface area contributed by atoms with Crippen molar-refractivity contribution in [1.29, 1.82) is 0 Å². The third-order valence-corrected chi connectivity index (χ3v) is 2.41. The lowest BCUT2D eigenvalue weighted by molar-refractivity contribution is 0.0311. The molecule has 86 valence electrons. The van der Waals surface area contributed by atoms with Gasteiger partial charge in [0.05, 0.1) is 5.60 Å². The fraction of sp³-hybridized carbons (Fsp3) is 1.00. The van der Waals surface area contributed by atoms with Gasteiger partial charge in [0.25, 0.3) is 0 Å². The summed E-state index contributed by atoms with van der Waals surface area (Å²) >= 11 is 0. The van der Waals surface area contributed by atoms with Crippen molar-refractivity contribution >= 4 is 0 Å². The van der Waals surface area contributed by atoms with E-state index in [9.17, 15) is 5.11 Å². The Morgan fingerprint density at radius 1 is 1.29 bits per heavy atom. The molecular formula is C11H26N2O. The monoisotopic (exact) mass is 202 g/mol. The first-order valence-electron chi connectivity index (χ1n) is 5.51. The topological polar surface area (TPSA) is 35.5 Å². The zero-order valence-corrected chi connectivity index (χ0v) is 10.3. The molecule has 0 saturated heterocycles. The standard InChI is InChI=1S/C11H26N2O/c1-6-10(7-2)12-8-11(3,14)9-13(4)5/h10,12,14H,6-9H2,1-5H3. The van der Waals surface area contributed by atoms with Crippen molar-refractivity contribution in [2.75, 3.05) is 27.2 Å². The first-order valence-corrected chi connectivity index (χ1v) is 5.51. The summed E-state index contributed by atoms with van der Waals surface area (Å²) in [6, 6.07) is 0.531. The minimum atomic E-state index is -0.633. The van der Waals surface area contributed by atoms with Gasteiger partial charge in [-0.15, -0.1) is 0 Å².